The molecule has 0 spiro atoms. The van der Waals surface area contributed by atoms with E-state index in [-0.39, 0.29) is 11.8 Å². The van der Waals surface area contributed by atoms with Gasteiger partial charge in [0.05, 0.1) is 10.5 Å². The zero-order chi connectivity index (χ0) is 21.0. The Morgan fingerprint density at radius 3 is 1.66 bits per heavy atom. The highest BCUT2D eigenvalue weighted by Crippen LogP contribution is 2.33. The van der Waals surface area contributed by atoms with E-state index in [2.05, 4.69) is 31.1 Å². The number of nitrogens with zero attached hydrogens (tertiary/aromatic N) is 4. The summed E-state index contributed by atoms with van der Waals surface area (Å²) in [5.41, 5.74) is 0. The van der Waals surface area contributed by atoms with Crippen LogP contribution in [0.25, 0.3) is 0 Å². The van der Waals surface area contributed by atoms with Crippen molar-refractivity contribution in [2.24, 2.45) is 0 Å². The third-order valence-electron chi connectivity index (χ3n) is 3.44. The minimum Gasteiger partial charge on any atom is -0.360 e. The van der Waals surface area contributed by atoms with Crippen LogP contribution in [0.15, 0.2) is 29.9 Å². The zero-order valence-corrected chi connectivity index (χ0v) is 18.4. The van der Waals surface area contributed by atoms with E-state index >= 15 is 0 Å². The predicted molar refractivity (Wildman–Crippen MR) is 110 cm³/mol. The smallest absolute Gasteiger partial charge is 0.238 e. The van der Waals surface area contributed by atoms with Crippen molar-refractivity contribution in [3.8, 4) is 0 Å². The number of aromatic nitrogens is 4. The summed E-state index contributed by atoms with van der Waals surface area (Å²) in [6.07, 6.45) is 0. The van der Waals surface area contributed by atoms with E-state index in [1.165, 1.54) is 34.9 Å². The van der Waals surface area contributed by atoms with Crippen molar-refractivity contribution in [1.82, 2.24) is 20.5 Å². The average molecular weight is 455 g/mol. The summed E-state index contributed by atoms with van der Waals surface area (Å²) < 4.78 is 11.1. The van der Waals surface area contributed by atoms with Crippen molar-refractivity contribution < 1.29 is 18.6 Å². The summed E-state index contributed by atoms with van der Waals surface area (Å²) in [6, 6.07) is 3.28. The second-order valence-corrected chi connectivity index (χ2v) is 10.1. The first kappa shape index (κ1) is 21.3. The van der Waals surface area contributed by atoms with E-state index in [1.807, 2.05) is 0 Å². The summed E-state index contributed by atoms with van der Waals surface area (Å²) in [7, 11) is 0. The minimum absolute atomic E-state index is 0.219. The van der Waals surface area contributed by atoms with Gasteiger partial charge in [-0.05, 0) is 27.7 Å². The number of carbonyl (C=O) groups is 2. The molecule has 0 fully saturated rings. The molecule has 29 heavy (non-hydrogen) atoms. The Hall–Kier alpha value is -2.38. The Kier molecular flexibility index (Phi) is 6.92. The van der Waals surface area contributed by atoms with Crippen LogP contribution >= 0.6 is 34.9 Å². The lowest BCUT2D eigenvalue weighted by Gasteiger charge is -2.08. The fourth-order valence-electron chi connectivity index (χ4n) is 2.01. The number of hydrogen-bond acceptors (Lipinski definition) is 11. The van der Waals surface area contributed by atoms with Crippen LogP contribution in [0.2, 0.25) is 0 Å². The Labute approximate surface area is 178 Å². The first-order chi connectivity index (χ1) is 13.8. The lowest BCUT2D eigenvalue weighted by Crippen LogP contribution is -2.22. The SMILES string of the molecule is Cc1cc(NC(=O)[C@@H](C)Sc2nnc(S[C@H](C)C(=O)Nc3cc(C)on3)s2)no1. The highest BCUT2D eigenvalue weighted by Gasteiger charge is 2.21. The topological polar surface area (TPSA) is 136 Å². The van der Waals surface area contributed by atoms with Gasteiger partial charge in [0, 0.05) is 12.1 Å². The van der Waals surface area contributed by atoms with Crippen LogP contribution in [-0.4, -0.2) is 42.8 Å². The van der Waals surface area contributed by atoms with Gasteiger partial charge in [0.2, 0.25) is 11.8 Å². The summed E-state index contributed by atoms with van der Waals surface area (Å²) >= 11 is 3.88. The normalized spacial score (nSPS) is 13.1. The lowest BCUT2D eigenvalue weighted by atomic mass is 10.4. The maximum Gasteiger partial charge on any atom is 0.238 e. The van der Waals surface area contributed by atoms with Gasteiger partial charge in [-0.1, -0.05) is 45.2 Å². The molecule has 0 saturated heterocycles. The van der Waals surface area contributed by atoms with Gasteiger partial charge in [0.25, 0.3) is 0 Å². The molecule has 3 rings (SSSR count). The Morgan fingerprint density at radius 1 is 0.897 bits per heavy atom. The van der Waals surface area contributed by atoms with Gasteiger partial charge in [-0.25, -0.2) is 0 Å². The minimum atomic E-state index is -0.408. The van der Waals surface area contributed by atoms with Crippen molar-refractivity contribution in [2.75, 3.05) is 10.6 Å². The average Bonchev–Trinajstić information content (AvgIpc) is 3.38. The third-order valence-corrected chi connectivity index (χ3v) is 6.73. The number of thioether (sulfide) groups is 2. The van der Waals surface area contributed by atoms with Crippen LogP contribution in [0.3, 0.4) is 0 Å². The van der Waals surface area contributed by atoms with Crippen molar-refractivity contribution in [3.05, 3.63) is 23.7 Å². The van der Waals surface area contributed by atoms with Gasteiger partial charge in [-0.15, -0.1) is 10.2 Å². The Bertz CT molecular complexity index is 924. The van der Waals surface area contributed by atoms with Gasteiger partial charge < -0.3 is 19.7 Å². The third kappa shape index (κ3) is 6.05. The molecule has 0 radical (unpaired) electrons. The van der Waals surface area contributed by atoms with E-state index in [0.717, 1.165) is 0 Å². The number of amides is 2. The number of rotatable bonds is 8. The first-order valence-electron chi connectivity index (χ1n) is 8.45. The Balaban J connectivity index is 1.50. The summed E-state index contributed by atoms with van der Waals surface area (Å²) in [4.78, 5) is 24.5. The van der Waals surface area contributed by atoms with Crippen molar-refractivity contribution in [2.45, 2.75) is 46.9 Å². The quantitative estimate of drug-likeness (QED) is 0.487. The molecule has 3 aromatic rings. The highest BCUT2D eigenvalue weighted by molar-refractivity contribution is 8.04. The summed E-state index contributed by atoms with van der Waals surface area (Å²) in [5, 5.41) is 20.2. The first-order valence-corrected chi connectivity index (χ1v) is 11.0. The number of anilines is 2. The molecule has 0 aromatic carbocycles. The number of nitrogens with one attached hydrogen (secondary N) is 2. The Morgan fingerprint density at radius 2 is 1.31 bits per heavy atom. The molecule has 154 valence electrons. The van der Waals surface area contributed by atoms with E-state index in [4.69, 9.17) is 9.05 Å². The van der Waals surface area contributed by atoms with Crippen LogP contribution in [0.5, 0.6) is 0 Å². The van der Waals surface area contributed by atoms with Gasteiger partial charge >= 0.3 is 0 Å². The molecule has 3 heterocycles. The predicted octanol–water partition coefficient (Wildman–Crippen LogP) is 3.37. The molecular weight excluding hydrogens is 436 g/mol. The molecule has 2 atom stereocenters. The van der Waals surface area contributed by atoms with Crippen LogP contribution < -0.4 is 10.6 Å². The summed E-state index contributed by atoms with van der Waals surface area (Å²) in [5.74, 6) is 1.53. The standard InChI is InChI=1S/C16H18N6O4S3/c1-7-5-11(21-25-7)17-13(23)9(3)27-15-19-20-16(29-15)28-10(4)14(24)18-12-6-8(2)26-22-12/h5-6,9-10H,1-4H3,(H,17,21,23)(H,18,22,24)/t9-,10-/m1/s1. The van der Waals surface area contributed by atoms with Gasteiger partial charge in [-0.3, -0.25) is 9.59 Å². The second-order valence-electron chi connectivity index (χ2n) is 5.98. The molecular formula is C16H18N6O4S3. The fourth-order valence-corrected chi connectivity index (χ4v) is 5.32. The molecule has 0 aliphatic carbocycles. The van der Waals surface area contributed by atoms with Crippen LogP contribution in [0.4, 0.5) is 11.6 Å². The molecule has 10 nitrogen and oxygen atoms in total. The van der Waals surface area contributed by atoms with Gasteiger partial charge in [-0.2, -0.15) is 0 Å². The molecule has 13 heteroatoms. The maximum absolute atomic E-state index is 12.2. The van der Waals surface area contributed by atoms with Gasteiger partial charge in [0.15, 0.2) is 20.3 Å². The summed E-state index contributed by atoms with van der Waals surface area (Å²) in [6.45, 7) is 7.01. The zero-order valence-electron chi connectivity index (χ0n) is 16.0. The lowest BCUT2D eigenvalue weighted by molar-refractivity contribution is -0.116. The van der Waals surface area contributed by atoms with Crippen molar-refractivity contribution in [1.29, 1.82) is 0 Å². The fraction of sp³-hybridized carbons (Fsp3) is 0.375. The number of aryl methyl sites for hydroxylation is 2. The van der Waals surface area contributed by atoms with Crippen LogP contribution in [0.1, 0.15) is 25.4 Å². The van der Waals surface area contributed by atoms with E-state index in [9.17, 15) is 9.59 Å². The highest BCUT2D eigenvalue weighted by atomic mass is 32.2. The van der Waals surface area contributed by atoms with E-state index < -0.39 is 10.5 Å². The molecule has 2 amide bonds. The van der Waals surface area contributed by atoms with Crippen molar-refractivity contribution in [3.63, 3.8) is 0 Å². The molecule has 0 aliphatic rings. The molecule has 0 bridgehead atoms. The maximum atomic E-state index is 12.2. The molecule has 0 aliphatic heterocycles. The monoisotopic (exact) mass is 454 g/mol. The molecule has 0 saturated carbocycles. The molecule has 0 unspecified atom stereocenters. The van der Waals surface area contributed by atoms with Crippen LogP contribution in [0, 0.1) is 13.8 Å². The largest absolute Gasteiger partial charge is 0.360 e. The molecule has 3 aromatic heterocycles. The molecule has 2 N–H and O–H groups in total. The van der Waals surface area contributed by atoms with Crippen molar-refractivity contribution >= 4 is 58.3 Å². The van der Waals surface area contributed by atoms with Crippen LogP contribution in [-0.2, 0) is 9.59 Å². The van der Waals surface area contributed by atoms with E-state index in [0.29, 0.717) is 31.8 Å². The number of hydrogen-bond donors (Lipinski definition) is 2. The van der Waals surface area contributed by atoms with E-state index in [1.54, 1.807) is 39.8 Å². The van der Waals surface area contributed by atoms with Gasteiger partial charge in [0.1, 0.15) is 11.5 Å². The second kappa shape index (κ2) is 9.41. The number of carbonyl (C=O) groups excluding carboxylic acids is 2.